The number of aromatic nitrogens is 2. The third-order valence-corrected chi connectivity index (χ3v) is 5.96. The van der Waals surface area contributed by atoms with Gasteiger partial charge < -0.3 is 0 Å². The van der Waals surface area contributed by atoms with Gasteiger partial charge in [0.05, 0.1) is 7.05 Å². The number of benzene rings is 2. The Balaban J connectivity index is 2.17. The molecule has 0 unspecified atom stereocenters. The fraction of sp³-hybridized carbons (Fsp3) is 0.238. The zero-order chi connectivity index (χ0) is 17.7. The minimum Gasteiger partial charge on any atom is -0.231 e. The van der Waals surface area contributed by atoms with Crippen LogP contribution in [0.5, 0.6) is 0 Å². The van der Waals surface area contributed by atoms with Crippen LogP contribution in [0.3, 0.4) is 0 Å². The molecule has 2 nitrogen and oxygen atoms in total. The second-order valence-corrected chi connectivity index (χ2v) is 7.81. The molecule has 0 aliphatic carbocycles. The third-order valence-electron chi connectivity index (χ3n) is 4.72. The van der Waals surface area contributed by atoms with Crippen LogP contribution in [0.2, 0.25) is 0 Å². The molecule has 25 heavy (non-hydrogen) atoms. The highest BCUT2D eigenvalue weighted by molar-refractivity contribution is 7.26. The van der Waals surface area contributed by atoms with Gasteiger partial charge in [-0.3, -0.25) is 0 Å². The highest BCUT2D eigenvalue weighted by Crippen LogP contribution is 2.41. The summed E-state index contributed by atoms with van der Waals surface area (Å²) in [7, 11) is 2.02. The van der Waals surface area contributed by atoms with Crippen LogP contribution in [-0.4, -0.2) is 4.98 Å². The average Bonchev–Trinajstić information content (AvgIpc) is 2.93. The van der Waals surface area contributed by atoms with Crippen LogP contribution in [-0.2, 0) is 7.05 Å². The van der Waals surface area contributed by atoms with Gasteiger partial charge in [-0.1, -0.05) is 38.1 Å². The summed E-state index contributed by atoms with van der Waals surface area (Å²) >= 11 is 1.65. The van der Waals surface area contributed by atoms with E-state index < -0.39 is 0 Å². The van der Waals surface area contributed by atoms with E-state index in [0.717, 1.165) is 31.6 Å². The molecule has 126 valence electrons. The van der Waals surface area contributed by atoms with Crippen molar-refractivity contribution in [3.63, 3.8) is 0 Å². The Bertz CT molecular complexity index is 1110. The van der Waals surface area contributed by atoms with Crippen molar-refractivity contribution in [2.24, 2.45) is 7.05 Å². The van der Waals surface area contributed by atoms with Crippen LogP contribution in [0.1, 0.15) is 30.9 Å². The lowest BCUT2D eigenvalue weighted by Crippen LogP contribution is -2.31. The molecule has 0 radical (unpaired) electrons. The minimum absolute atomic E-state index is 0.129. The molecule has 0 aliphatic rings. The number of thiophene rings is 1. The zero-order valence-electron chi connectivity index (χ0n) is 14.8. The van der Waals surface area contributed by atoms with Crippen molar-refractivity contribution in [2.45, 2.75) is 26.7 Å². The molecule has 0 atom stereocenters. The third kappa shape index (κ3) is 2.44. The van der Waals surface area contributed by atoms with Gasteiger partial charge >= 0.3 is 0 Å². The Hall–Kier alpha value is -2.33. The van der Waals surface area contributed by atoms with Crippen LogP contribution >= 0.6 is 11.3 Å². The van der Waals surface area contributed by atoms with Gasteiger partial charge in [0.25, 0.3) is 6.33 Å². The molecule has 0 saturated heterocycles. The highest BCUT2D eigenvalue weighted by atomic mass is 32.1. The van der Waals surface area contributed by atoms with Crippen molar-refractivity contribution in [3.8, 4) is 11.3 Å². The van der Waals surface area contributed by atoms with Gasteiger partial charge in [-0.25, -0.2) is 8.96 Å². The molecule has 0 N–H and O–H groups in total. The summed E-state index contributed by atoms with van der Waals surface area (Å²) in [6, 6.07) is 11.8. The van der Waals surface area contributed by atoms with Crippen LogP contribution in [0.25, 0.3) is 31.6 Å². The molecule has 4 rings (SSSR count). The number of rotatable bonds is 2. The molecule has 2 aromatic carbocycles. The molecule has 2 heterocycles. The van der Waals surface area contributed by atoms with Crippen LogP contribution < -0.4 is 4.57 Å². The Morgan fingerprint density at radius 2 is 1.84 bits per heavy atom. The first-order valence-electron chi connectivity index (χ1n) is 8.44. The zero-order valence-corrected chi connectivity index (χ0v) is 15.6. The molecule has 0 aliphatic heterocycles. The molecule has 0 saturated carbocycles. The van der Waals surface area contributed by atoms with Crippen LogP contribution in [0, 0.1) is 12.7 Å². The van der Waals surface area contributed by atoms with E-state index in [4.69, 9.17) is 0 Å². The maximum Gasteiger partial charge on any atom is 0.287 e. The number of hydrogen-bond acceptors (Lipinski definition) is 2. The van der Waals surface area contributed by atoms with E-state index in [2.05, 4.69) is 34.7 Å². The van der Waals surface area contributed by atoms with Crippen LogP contribution in [0.4, 0.5) is 4.39 Å². The van der Waals surface area contributed by atoms with Crippen molar-refractivity contribution >= 4 is 31.6 Å². The van der Waals surface area contributed by atoms with E-state index in [1.807, 2.05) is 39.4 Å². The predicted molar refractivity (Wildman–Crippen MR) is 103 cm³/mol. The fourth-order valence-electron chi connectivity index (χ4n) is 3.48. The van der Waals surface area contributed by atoms with Crippen molar-refractivity contribution in [1.29, 1.82) is 0 Å². The van der Waals surface area contributed by atoms with Gasteiger partial charge in [0.2, 0.25) is 5.52 Å². The first-order valence-corrected chi connectivity index (χ1v) is 9.26. The van der Waals surface area contributed by atoms with Gasteiger partial charge in [-0.05, 0) is 35.5 Å². The number of nitrogens with zero attached hydrogens (tertiary/aromatic N) is 2. The molecule has 0 bridgehead atoms. The lowest BCUT2D eigenvalue weighted by atomic mass is 10.0. The van der Waals surface area contributed by atoms with Gasteiger partial charge in [0.15, 0.2) is 5.69 Å². The normalized spacial score (nSPS) is 11.8. The second kappa shape index (κ2) is 5.88. The largest absolute Gasteiger partial charge is 0.287 e. The molecule has 0 fully saturated rings. The number of halogens is 1. The lowest BCUT2D eigenvalue weighted by molar-refractivity contribution is -0.662. The summed E-state index contributed by atoms with van der Waals surface area (Å²) in [4.78, 5) is 4.67. The van der Waals surface area contributed by atoms with E-state index in [1.165, 1.54) is 11.1 Å². The summed E-state index contributed by atoms with van der Waals surface area (Å²) in [5, 5.41) is 1.04. The Labute approximate surface area is 150 Å². The molecule has 0 spiro atoms. The Kier molecular flexibility index (Phi) is 3.80. The van der Waals surface area contributed by atoms with Crippen molar-refractivity contribution in [2.75, 3.05) is 0 Å². The molecular weight excluding hydrogens is 331 g/mol. The average molecular weight is 351 g/mol. The van der Waals surface area contributed by atoms with Gasteiger partial charge in [0.1, 0.15) is 10.5 Å². The van der Waals surface area contributed by atoms with E-state index in [0.29, 0.717) is 0 Å². The van der Waals surface area contributed by atoms with Crippen molar-refractivity contribution in [1.82, 2.24) is 4.98 Å². The van der Waals surface area contributed by atoms with E-state index in [9.17, 15) is 4.39 Å². The molecule has 4 heteroatoms. The van der Waals surface area contributed by atoms with Crippen LogP contribution in [0.15, 0.2) is 42.7 Å². The summed E-state index contributed by atoms with van der Waals surface area (Å²) < 4.78 is 18.6. The lowest BCUT2D eigenvalue weighted by Gasteiger charge is -2.07. The predicted octanol–water partition coefficient (Wildman–Crippen LogP) is 5.51. The summed E-state index contributed by atoms with van der Waals surface area (Å²) in [5.41, 5.74) is 5.30. The number of hydrogen-bond donors (Lipinski definition) is 0. The smallest absolute Gasteiger partial charge is 0.231 e. The monoisotopic (exact) mass is 351 g/mol. The second-order valence-electron chi connectivity index (χ2n) is 6.79. The summed E-state index contributed by atoms with van der Waals surface area (Å²) in [6.45, 7) is 6.20. The Morgan fingerprint density at radius 3 is 2.56 bits per heavy atom. The van der Waals surface area contributed by atoms with Gasteiger partial charge in [0, 0.05) is 21.2 Å². The molecule has 2 aromatic heterocycles. The summed E-state index contributed by atoms with van der Waals surface area (Å²) in [6.07, 6.45) is 1.86. The first-order chi connectivity index (χ1) is 12.0. The fourth-order valence-corrected chi connectivity index (χ4v) is 5.02. The molecule has 4 aromatic rings. The highest BCUT2D eigenvalue weighted by Gasteiger charge is 2.24. The van der Waals surface area contributed by atoms with Crippen molar-refractivity contribution < 1.29 is 8.96 Å². The number of aryl methyl sites for hydroxylation is 2. The minimum atomic E-state index is -0.129. The van der Waals surface area contributed by atoms with E-state index in [-0.39, 0.29) is 11.7 Å². The van der Waals surface area contributed by atoms with E-state index in [1.54, 1.807) is 17.4 Å². The Morgan fingerprint density at radius 1 is 1.08 bits per heavy atom. The molecule has 0 amide bonds. The number of fused-ring (bicyclic) bond motifs is 3. The van der Waals surface area contributed by atoms with E-state index >= 15 is 0 Å². The van der Waals surface area contributed by atoms with Crippen molar-refractivity contribution in [3.05, 3.63) is 59.7 Å². The van der Waals surface area contributed by atoms with Gasteiger partial charge in [-0.2, -0.15) is 0 Å². The maximum atomic E-state index is 14.4. The first kappa shape index (κ1) is 16.2. The topological polar surface area (TPSA) is 16.8 Å². The maximum absolute atomic E-state index is 14.4. The molecular formula is C21H20FN2S+. The SMILES string of the molecule is Cc1ccccc1-c1c2sc3c(C(C)C)c(F)ccc3c2nc[n+]1C. The quantitative estimate of drug-likeness (QED) is 0.435. The summed E-state index contributed by atoms with van der Waals surface area (Å²) in [5.74, 6) is 0.00305. The van der Waals surface area contributed by atoms with Gasteiger partial charge in [-0.15, -0.1) is 11.3 Å². The standard InChI is InChI=1S/C21H20FN2S/c1-12(2)17-16(22)10-9-15-18-21(25-20(15)17)19(24(4)11-23-18)14-8-6-5-7-13(14)3/h5-12H,1-4H3/q+1.